The van der Waals surface area contributed by atoms with E-state index in [4.69, 9.17) is 5.73 Å². The molecule has 2 aromatic rings. The maximum absolute atomic E-state index is 6.01. The Balaban J connectivity index is 2.30. The molecule has 13 heavy (non-hydrogen) atoms. The Morgan fingerprint density at radius 1 is 1.46 bits per heavy atom. The van der Waals surface area contributed by atoms with E-state index in [9.17, 15) is 0 Å². The summed E-state index contributed by atoms with van der Waals surface area (Å²) in [5, 5.41) is 1.02. The molecule has 2 heterocycles. The first-order valence-electron chi connectivity index (χ1n) is 4.34. The predicted molar refractivity (Wildman–Crippen MR) is 53.8 cm³/mol. The monoisotopic (exact) mass is 191 g/mol. The van der Waals surface area contributed by atoms with Crippen LogP contribution >= 0.6 is 11.3 Å². The molecule has 1 saturated carbocycles. The van der Waals surface area contributed by atoms with Crippen LogP contribution in [-0.4, -0.2) is 9.97 Å². The predicted octanol–water partition coefficient (Wildman–Crippen LogP) is 2.15. The van der Waals surface area contributed by atoms with Gasteiger partial charge in [-0.25, -0.2) is 9.97 Å². The fraction of sp³-hybridized carbons (Fsp3) is 0.333. The minimum Gasteiger partial charge on any atom is -0.397 e. The van der Waals surface area contributed by atoms with Crippen molar-refractivity contribution < 1.29 is 0 Å². The molecular weight excluding hydrogens is 182 g/mol. The van der Waals surface area contributed by atoms with E-state index in [2.05, 4.69) is 9.97 Å². The Morgan fingerprint density at radius 2 is 2.31 bits per heavy atom. The lowest BCUT2D eigenvalue weighted by atomic mass is 10.2. The summed E-state index contributed by atoms with van der Waals surface area (Å²) in [6, 6.07) is 0. The highest BCUT2D eigenvalue weighted by Gasteiger charge is 2.28. The molecule has 4 heteroatoms. The third-order valence-electron chi connectivity index (χ3n) is 2.39. The van der Waals surface area contributed by atoms with Crippen molar-refractivity contribution >= 4 is 27.2 Å². The molecule has 2 N–H and O–H groups in total. The maximum Gasteiger partial charge on any atom is 0.129 e. The van der Waals surface area contributed by atoms with Gasteiger partial charge in [-0.15, -0.1) is 11.3 Å². The van der Waals surface area contributed by atoms with Crippen molar-refractivity contribution in [3.05, 3.63) is 17.4 Å². The van der Waals surface area contributed by atoms with Crippen LogP contribution in [0.2, 0.25) is 0 Å². The van der Waals surface area contributed by atoms with Gasteiger partial charge >= 0.3 is 0 Å². The van der Waals surface area contributed by atoms with Crippen molar-refractivity contribution in [2.45, 2.75) is 18.8 Å². The minimum atomic E-state index is 0.708. The van der Waals surface area contributed by atoms with Gasteiger partial charge in [0.25, 0.3) is 0 Å². The van der Waals surface area contributed by atoms with Crippen molar-refractivity contribution in [3.63, 3.8) is 0 Å². The molecule has 0 aromatic carbocycles. The van der Waals surface area contributed by atoms with Crippen molar-refractivity contribution in [2.75, 3.05) is 5.73 Å². The fourth-order valence-corrected chi connectivity index (χ4v) is 2.73. The molecule has 3 nitrogen and oxygen atoms in total. The summed E-state index contributed by atoms with van der Waals surface area (Å²) in [4.78, 5) is 10.5. The molecule has 0 radical (unpaired) electrons. The number of hydrogen-bond donors (Lipinski definition) is 1. The average Bonchev–Trinajstić information content (AvgIpc) is 2.94. The quantitative estimate of drug-likeness (QED) is 0.751. The second-order valence-corrected chi connectivity index (χ2v) is 4.43. The average molecular weight is 191 g/mol. The van der Waals surface area contributed by atoms with E-state index >= 15 is 0 Å². The van der Waals surface area contributed by atoms with Crippen LogP contribution in [0.25, 0.3) is 10.2 Å². The van der Waals surface area contributed by atoms with Crippen LogP contribution in [0.4, 0.5) is 5.69 Å². The van der Waals surface area contributed by atoms with E-state index in [0.29, 0.717) is 5.92 Å². The Hall–Kier alpha value is -1.16. The molecular formula is C9H9N3S. The van der Waals surface area contributed by atoms with E-state index in [0.717, 1.165) is 15.9 Å². The second kappa shape index (κ2) is 2.42. The number of nitrogen functional groups attached to an aromatic ring is 1. The highest BCUT2D eigenvalue weighted by atomic mass is 32.1. The number of nitrogens with two attached hydrogens (primary N) is 1. The van der Waals surface area contributed by atoms with Crippen LogP contribution in [0.5, 0.6) is 0 Å². The van der Waals surface area contributed by atoms with Crippen molar-refractivity contribution in [2.24, 2.45) is 0 Å². The number of anilines is 1. The van der Waals surface area contributed by atoms with Gasteiger partial charge in [-0.3, -0.25) is 0 Å². The highest BCUT2D eigenvalue weighted by molar-refractivity contribution is 7.19. The van der Waals surface area contributed by atoms with Crippen LogP contribution in [0.3, 0.4) is 0 Å². The zero-order valence-corrected chi connectivity index (χ0v) is 7.84. The lowest BCUT2D eigenvalue weighted by Crippen LogP contribution is -1.87. The van der Waals surface area contributed by atoms with Gasteiger partial charge in [0.15, 0.2) is 0 Å². The van der Waals surface area contributed by atoms with Crippen molar-refractivity contribution in [1.29, 1.82) is 0 Å². The lowest BCUT2D eigenvalue weighted by Gasteiger charge is -1.92. The largest absolute Gasteiger partial charge is 0.397 e. The molecule has 1 fully saturated rings. The van der Waals surface area contributed by atoms with Crippen LogP contribution in [0.15, 0.2) is 12.5 Å². The van der Waals surface area contributed by atoms with E-state index in [1.165, 1.54) is 17.7 Å². The van der Waals surface area contributed by atoms with Gasteiger partial charge in [0.2, 0.25) is 0 Å². The number of hydrogen-bond acceptors (Lipinski definition) is 4. The molecule has 0 spiro atoms. The Kier molecular flexibility index (Phi) is 1.35. The smallest absolute Gasteiger partial charge is 0.129 e. The third kappa shape index (κ3) is 1.02. The minimum absolute atomic E-state index is 0.708. The second-order valence-electron chi connectivity index (χ2n) is 3.40. The van der Waals surface area contributed by atoms with Crippen LogP contribution in [0.1, 0.15) is 23.6 Å². The zero-order valence-electron chi connectivity index (χ0n) is 7.03. The molecule has 3 rings (SSSR count). The number of rotatable bonds is 1. The molecule has 0 amide bonds. The molecule has 1 aliphatic carbocycles. The van der Waals surface area contributed by atoms with E-state index in [1.54, 1.807) is 23.9 Å². The lowest BCUT2D eigenvalue weighted by molar-refractivity contribution is 1.19. The van der Waals surface area contributed by atoms with Crippen LogP contribution < -0.4 is 5.73 Å². The first kappa shape index (κ1) is 7.26. The summed E-state index contributed by atoms with van der Waals surface area (Å²) in [5.74, 6) is 0.708. The molecule has 1 aliphatic rings. The normalized spacial score (nSPS) is 16.6. The molecule has 66 valence electrons. The van der Waals surface area contributed by atoms with E-state index < -0.39 is 0 Å². The summed E-state index contributed by atoms with van der Waals surface area (Å²) in [6.45, 7) is 0. The Bertz CT molecular complexity index is 459. The summed E-state index contributed by atoms with van der Waals surface area (Å²) >= 11 is 1.72. The van der Waals surface area contributed by atoms with Crippen LogP contribution in [0, 0.1) is 0 Å². The molecule has 0 atom stereocenters. The van der Waals surface area contributed by atoms with Crippen molar-refractivity contribution in [1.82, 2.24) is 9.97 Å². The first-order chi connectivity index (χ1) is 6.36. The zero-order chi connectivity index (χ0) is 8.84. The number of thiophene rings is 1. The van der Waals surface area contributed by atoms with Crippen LogP contribution in [-0.2, 0) is 0 Å². The van der Waals surface area contributed by atoms with Gasteiger partial charge in [-0.1, -0.05) is 0 Å². The maximum atomic E-state index is 6.01. The molecule has 0 saturated heterocycles. The fourth-order valence-electron chi connectivity index (χ4n) is 1.53. The summed E-state index contributed by atoms with van der Waals surface area (Å²) < 4.78 is 0. The highest BCUT2D eigenvalue weighted by Crippen LogP contribution is 2.48. The SMILES string of the molecule is Nc1c(C2CC2)sc2ncncc12. The summed E-state index contributed by atoms with van der Waals surface area (Å²) in [7, 11) is 0. The first-order valence-corrected chi connectivity index (χ1v) is 5.16. The van der Waals surface area contributed by atoms with Gasteiger partial charge in [-0.2, -0.15) is 0 Å². The number of aromatic nitrogens is 2. The van der Waals surface area contributed by atoms with E-state index in [-0.39, 0.29) is 0 Å². The summed E-state index contributed by atoms with van der Waals surface area (Å²) in [6.07, 6.45) is 5.95. The van der Waals surface area contributed by atoms with Gasteiger partial charge in [-0.05, 0) is 18.8 Å². The third-order valence-corrected chi connectivity index (χ3v) is 3.68. The molecule has 0 aliphatic heterocycles. The van der Waals surface area contributed by atoms with Gasteiger partial charge in [0.1, 0.15) is 11.2 Å². The molecule has 0 unspecified atom stereocenters. The number of fused-ring (bicyclic) bond motifs is 1. The van der Waals surface area contributed by atoms with Gasteiger partial charge in [0, 0.05) is 11.1 Å². The van der Waals surface area contributed by atoms with E-state index in [1.807, 2.05) is 0 Å². The van der Waals surface area contributed by atoms with Gasteiger partial charge < -0.3 is 5.73 Å². The Labute approximate surface area is 79.6 Å². The molecule has 2 aromatic heterocycles. The number of nitrogens with zero attached hydrogens (tertiary/aromatic N) is 2. The summed E-state index contributed by atoms with van der Waals surface area (Å²) in [5.41, 5.74) is 6.92. The Morgan fingerprint density at radius 3 is 3.00 bits per heavy atom. The molecule has 0 bridgehead atoms. The van der Waals surface area contributed by atoms with Gasteiger partial charge in [0.05, 0.1) is 11.1 Å². The van der Waals surface area contributed by atoms with Crippen molar-refractivity contribution in [3.8, 4) is 0 Å². The topological polar surface area (TPSA) is 51.8 Å². The standard InChI is InChI=1S/C9H9N3S/c10-7-6-3-11-4-12-9(6)13-8(7)5-1-2-5/h3-5H,1-2,10H2.